The van der Waals surface area contributed by atoms with Gasteiger partial charge in [-0.25, -0.2) is 0 Å². The number of furan rings is 1. The van der Waals surface area contributed by atoms with Crippen molar-refractivity contribution in [2.24, 2.45) is 0 Å². The summed E-state index contributed by atoms with van der Waals surface area (Å²) >= 11 is 12.2. The van der Waals surface area contributed by atoms with Crippen LogP contribution in [-0.2, 0) is 6.54 Å². The molecule has 0 atom stereocenters. The lowest BCUT2D eigenvalue weighted by atomic mass is 10.0. The highest BCUT2D eigenvalue weighted by molar-refractivity contribution is 6.31. The van der Waals surface area contributed by atoms with E-state index in [0.29, 0.717) is 22.2 Å². The van der Waals surface area contributed by atoms with Gasteiger partial charge in [-0.2, -0.15) is 0 Å². The fourth-order valence-corrected chi connectivity index (χ4v) is 3.50. The van der Waals surface area contributed by atoms with Crippen LogP contribution in [0.15, 0.2) is 71.1 Å². The summed E-state index contributed by atoms with van der Waals surface area (Å²) in [6.07, 6.45) is 0. The Kier molecular flexibility index (Phi) is 5.12. The maximum Gasteiger partial charge on any atom is 0.287 e. The second-order valence-corrected chi connectivity index (χ2v) is 7.43. The molecule has 4 aromatic rings. The zero-order valence-corrected chi connectivity index (χ0v) is 16.6. The third kappa shape index (κ3) is 3.64. The molecule has 4 rings (SSSR count). The first-order chi connectivity index (χ1) is 13.5. The van der Waals surface area contributed by atoms with Gasteiger partial charge in [0.05, 0.1) is 0 Å². The maximum atomic E-state index is 13.0. The molecule has 0 aliphatic carbocycles. The van der Waals surface area contributed by atoms with Crippen LogP contribution in [0.2, 0.25) is 10.0 Å². The molecule has 0 aliphatic heterocycles. The minimum atomic E-state index is -0.293. The number of carbonyl (C=O) groups is 1. The number of hydrogen-bond acceptors (Lipinski definition) is 2. The topological polar surface area (TPSA) is 42.2 Å². The minimum absolute atomic E-state index is 0.273. The van der Waals surface area contributed by atoms with Gasteiger partial charge < -0.3 is 9.73 Å². The van der Waals surface area contributed by atoms with Gasteiger partial charge in [0.25, 0.3) is 5.91 Å². The number of carbonyl (C=O) groups excluding carboxylic acids is 1. The van der Waals surface area contributed by atoms with Crippen LogP contribution in [-0.4, -0.2) is 5.91 Å². The SMILES string of the molecule is Cc1ccc2oc(C(=O)NCc3ccccc3Cl)c(-c3ccc(Cl)cc3)c2c1. The number of aryl methyl sites for hydroxylation is 1. The van der Waals surface area contributed by atoms with Crippen LogP contribution in [0.1, 0.15) is 21.7 Å². The van der Waals surface area contributed by atoms with Crippen molar-refractivity contribution in [1.29, 1.82) is 0 Å². The molecule has 0 unspecified atom stereocenters. The average Bonchev–Trinajstić information content (AvgIpc) is 3.06. The van der Waals surface area contributed by atoms with E-state index in [1.54, 1.807) is 18.2 Å². The fraction of sp³-hybridized carbons (Fsp3) is 0.0870. The predicted molar refractivity (Wildman–Crippen MR) is 114 cm³/mol. The van der Waals surface area contributed by atoms with E-state index < -0.39 is 0 Å². The fourth-order valence-electron chi connectivity index (χ4n) is 3.17. The highest BCUT2D eigenvalue weighted by atomic mass is 35.5. The van der Waals surface area contributed by atoms with E-state index in [1.807, 2.05) is 55.5 Å². The monoisotopic (exact) mass is 409 g/mol. The van der Waals surface area contributed by atoms with Crippen molar-refractivity contribution in [1.82, 2.24) is 5.32 Å². The Morgan fingerprint density at radius 3 is 2.50 bits per heavy atom. The van der Waals surface area contributed by atoms with Crippen LogP contribution >= 0.6 is 23.2 Å². The molecule has 0 radical (unpaired) electrons. The minimum Gasteiger partial charge on any atom is -0.450 e. The van der Waals surface area contributed by atoms with Gasteiger partial charge in [-0.1, -0.05) is 65.2 Å². The van der Waals surface area contributed by atoms with Crippen LogP contribution in [0.4, 0.5) is 0 Å². The molecule has 28 heavy (non-hydrogen) atoms. The van der Waals surface area contributed by atoms with Crippen molar-refractivity contribution in [3.8, 4) is 11.1 Å². The highest BCUT2D eigenvalue weighted by Crippen LogP contribution is 2.36. The summed E-state index contributed by atoms with van der Waals surface area (Å²) in [5.41, 5.74) is 4.23. The van der Waals surface area contributed by atoms with E-state index in [2.05, 4.69) is 5.32 Å². The van der Waals surface area contributed by atoms with Crippen molar-refractivity contribution >= 4 is 40.1 Å². The molecule has 0 saturated carbocycles. The Labute approximate surface area is 172 Å². The van der Waals surface area contributed by atoms with Gasteiger partial charge in [-0.05, 0) is 48.4 Å². The smallest absolute Gasteiger partial charge is 0.287 e. The van der Waals surface area contributed by atoms with Crippen LogP contribution < -0.4 is 5.32 Å². The van der Waals surface area contributed by atoms with Gasteiger partial charge in [0.15, 0.2) is 0 Å². The number of halogens is 2. The molecule has 3 aromatic carbocycles. The van der Waals surface area contributed by atoms with Gasteiger partial charge in [0, 0.05) is 27.5 Å². The van der Waals surface area contributed by atoms with Crippen molar-refractivity contribution in [2.75, 3.05) is 0 Å². The largest absolute Gasteiger partial charge is 0.450 e. The van der Waals surface area contributed by atoms with E-state index in [9.17, 15) is 4.79 Å². The Bertz CT molecular complexity index is 1160. The second-order valence-electron chi connectivity index (χ2n) is 6.59. The van der Waals surface area contributed by atoms with Gasteiger partial charge in [-0.15, -0.1) is 0 Å². The second kappa shape index (κ2) is 7.70. The zero-order chi connectivity index (χ0) is 19.7. The normalized spacial score (nSPS) is 11.0. The van der Waals surface area contributed by atoms with Crippen LogP contribution in [0, 0.1) is 6.92 Å². The number of hydrogen-bond donors (Lipinski definition) is 1. The van der Waals surface area contributed by atoms with Gasteiger partial charge in [0.2, 0.25) is 5.76 Å². The third-order valence-corrected chi connectivity index (χ3v) is 5.20. The molecule has 1 amide bonds. The van der Waals surface area contributed by atoms with Crippen LogP contribution in [0.3, 0.4) is 0 Å². The van der Waals surface area contributed by atoms with E-state index >= 15 is 0 Å². The summed E-state index contributed by atoms with van der Waals surface area (Å²) in [4.78, 5) is 13.0. The van der Waals surface area contributed by atoms with E-state index in [-0.39, 0.29) is 11.7 Å². The number of fused-ring (bicyclic) bond motifs is 1. The summed E-state index contributed by atoms with van der Waals surface area (Å²) in [7, 11) is 0. The van der Waals surface area contributed by atoms with Crippen molar-refractivity contribution in [3.63, 3.8) is 0 Å². The zero-order valence-electron chi connectivity index (χ0n) is 15.1. The molecule has 0 bridgehead atoms. The van der Waals surface area contributed by atoms with E-state index in [1.165, 1.54) is 0 Å². The lowest BCUT2D eigenvalue weighted by molar-refractivity contribution is 0.0926. The number of nitrogens with one attached hydrogen (secondary N) is 1. The first-order valence-corrected chi connectivity index (χ1v) is 9.59. The molecule has 0 aliphatic rings. The Hall–Kier alpha value is -2.75. The molecule has 5 heteroatoms. The standard InChI is InChI=1S/C23H17Cl2NO2/c1-14-6-11-20-18(12-14)21(15-7-9-17(24)10-8-15)22(28-20)23(27)26-13-16-4-2-3-5-19(16)25/h2-12H,13H2,1H3,(H,26,27). The molecular formula is C23H17Cl2NO2. The maximum absolute atomic E-state index is 13.0. The molecule has 3 nitrogen and oxygen atoms in total. The third-order valence-electron chi connectivity index (χ3n) is 4.58. The number of rotatable bonds is 4. The summed E-state index contributed by atoms with van der Waals surface area (Å²) in [5, 5.41) is 5.05. The average molecular weight is 410 g/mol. The summed E-state index contributed by atoms with van der Waals surface area (Å²) in [6, 6.07) is 20.7. The van der Waals surface area contributed by atoms with Crippen molar-refractivity contribution in [2.45, 2.75) is 13.5 Å². The lowest BCUT2D eigenvalue weighted by Gasteiger charge is -2.07. The molecule has 0 fully saturated rings. The number of benzene rings is 3. The molecule has 1 heterocycles. The molecular weight excluding hydrogens is 393 g/mol. The first-order valence-electron chi connectivity index (χ1n) is 8.83. The Balaban J connectivity index is 1.75. The molecule has 1 N–H and O–H groups in total. The van der Waals surface area contributed by atoms with Crippen LogP contribution in [0.25, 0.3) is 22.1 Å². The van der Waals surface area contributed by atoms with Gasteiger partial charge >= 0.3 is 0 Å². The van der Waals surface area contributed by atoms with E-state index in [4.69, 9.17) is 27.6 Å². The Morgan fingerprint density at radius 1 is 1.00 bits per heavy atom. The molecule has 0 saturated heterocycles. The van der Waals surface area contributed by atoms with Crippen molar-refractivity contribution in [3.05, 3.63) is 93.7 Å². The molecule has 1 aromatic heterocycles. The number of amides is 1. The van der Waals surface area contributed by atoms with Gasteiger partial charge in [-0.3, -0.25) is 4.79 Å². The van der Waals surface area contributed by atoms with E-state index in [0.717, 1.165) is 27.6 Å². The summed E-state index contributed by atoms with van der Waals surface area (Å²) in [6.45, 7) is 2.32. The predicted octanol–water partition coefficient (Wildman–Crippen LogP) is 6.65. The van der Waals surface area contributed by atoms with Crippen LogP contribution in [0.5, 0.6) is 0 Å². The molecule has 0 spiro atoms. The lowest BCUT2D eigenvalue weighted by Crippen LogP contribution is -2.23. The quantitative estimate of drug-likeness (QED) is 0.410. The van der Waals surface area contributed by atoms with Crippen molar-refractivity contribution < 1.29 is 9.21 Å². The Morgan fingerprint density at radius 2 is 1.75 bits per heavy atom. The molecule has 140 valence electrons. The summed E-state index contributed by atoms with van der Waals surface area (Å²) < 4.78 is 5.94. The summed E-state index contributed by atoms with van der Waals surface area (Å²) in [5.74, 6) is -0.0197. The highest BCUT2D eigenvalue weighted by Gasteiger charge is 2.22. The van der Waals surface area contributed by atoms with Gasteiger partial charge in [0.1, 0.15) is 5.58 Å². The first kappa shape index (κ1) is 18.6.